The number of rotatable bonds is 23. The molecule has 0 bridgehead atoms. The van der Waals surface area contributed by atoms with E-state index in [4.69, 9.17) is 56.8 Å². The van der Waals surface area contributed by atoms with E-state index in [0.717, 1.165) is 0 Å². The maximum absolute atomic E-state index is 11.3. The highest BCUT2D eigenvalue weighted by molar-refractivity contribution is 5.01. The van der Waals surface area contributed by atoms with Crippen molar-refractivity contribution < 1.29 is 174 Å². The van der Waals surface area contributed by atoms with E-state index in [2.05, 4.69) is 0 Å². The molecule has 6 saturated heterocycles. The summed E-state index contributed by atoms with van der Waals surface area (Å²) in [7, 11) is 0. The van der Waals surface area contributed by atoms with E-state index < -0.39 is 255 Å². The van der Waals surface area contributed by atoms with Crippen LogP contribution in [-0.4, -0.2) is 372 Å². The Bertz CT molecular complexity index is 1820. The molecule has 0 radical (unpaired) electrons. The Morgan fingerprint density at radius 2 is 0.570 bits per heavy atom. The van der Waals surface area contributed by atoms with Gasteiger partial charge in [-0.2, -0.15) is 0 Å². The first-order valence-electron chi connectivity index (χ1n) is 25.5. The number of ether oxygens (including phenoxy) is 12. The first-order valence-corrected chi connectivity index (χ1v) is 25.5. The molecule has 23 N–H and O–H groups in total. The molecule has 1 aliphatic carbocycles. The van der Waals surface area contributed by atoms with Crippen molar-refractivity contribution in [1.29, 1.82) is 0 Å². The molecule has 34 atom stereocenters. The lowest BCUT2D eigenvalue weighted by molar-refractivity contribution is -0.397. The average molecular weight is 1170 g/mol. The second-order valence-corrected chi connectivity index (χ2v) is 20.4. The summed E-state index contributed by atoms with van der Waals surface area (Å²) >= 11 is 0. The van der Waals surface area contributed by atoms with Gasteiger partial charge in [0.25, 0.3) is 0 Å². The van der Waals surface area contributed by atoms with Crippen LogP contribution in [-0.2, 0) is 56.8 Å². The lowest BCUT2D eigenvalue weighted by atomic mass is 9.95. The zero-order valence-corrected chi connectivity index (χ0v) is 41.8. The Labute approximate surface area is 447 Å². The molecule has 0 aromatic heterocycles. The van der Waals surface area contributed by atoms with Crippen LogP contribution in [0.5, 0.6) is 0 Å². The van der Waals surface area contributed by atoms with Crippen LogP contribution < -0.4 is 0 Å². The Morgan fingerprint density at radius 3 is 0.835 bits per heavy atom. The molecule has 34 unspecified atom stereocenters. The Balaban J connectivity index is 0.946. The molecular weight excluding hydrogens is 1090 g/mol. The maximum atomic E-state index is 11.3. The van der Waals surface area contributed by atoms with Crippen LogP contribution in [0.25, 0.3) is 0 Å². The highest BCUT2D eigenvalue weighted by atomic mass is 16.8. The van der Waals surface area contributed by atoms with Crippen molar-refractivity contribution in [3.8, 4) is 0 Å². The third-order valence-electron chi connectivity index (χ3n) is 15.1. The number of aliphatic hydroxyl groups excluding tert-OH is 23. The van der Waals surface area contributed by atoms with Gasteiger partial charge in [0, 0.05) is 0 Å². The van der Waals surface area contributed by atoms with Crippen molar-refractivity contribution in [2.75, 3.05) is 46.2 Å². The number of aliphatic hydroxyl groups is 23. The molecule has 0 amide bonds. The van der Waals surface area contributed by atoms with Gasteiger partial charge < -0.3 is 174 Å². The monoisotopic (exact) mass is 1160 g/mol. The Morgan fingerprint density at radius 1 is 0.316 bits per heavy atom. The topological polar surface area (TPSA) is 576 Å². The third kappa shape index (κ3) is 13.8. The standard InChI is InChI=1S/C44H76O35/c45-3-11(52)33(21(56)18(53)10-1-2-10)74-40-28(63)22(57)35(13(5-47)69-40)76-42-30(65)24(59)37(15(7-49)71-42)78-44-32(67)26(61)38(17(9-51)73-44)79-43-31(66)25(60)36(16(8-50)72-43)77-41-29(64)23(58)34(14(6-48)70-41)75-39-27(62)20(55)19(54)12(4-46)68-39/h10-67H,1-9H2. The fourth-order valence-corrected chi connectivity index (χ4v) is 10.2. The van der Waals surface area contributed by atoms with Crippen molar-refractivity contribution in [3.05, 3.63) is 0 Å². The van der Waals surface area contributed by atoms with Gasteiger partial charge in [-0.25, -0.2) is 0 Å². The molecule has 0 aromatic rings. The lowest BCUT2D eigenvalue weighted by Gasteiger charge is -2.50. The summed E-state index contributed by atoms with van der Waals surface area (Å²) in [6.45, 7) is -6.94. The van der Waals surface area contributed by atoms with Crippen LogP contribution in [0.15, 0.2) is 0 Å². The van der Waals surface area contributed by atoms with Gasteiger partial charge in [0.1, 0.15) is 165 Å². The minimum atomic E-state index is -2.22. The van der Waals surface area contributed by atoms with Crippen LogP contribution in [0.2, 0.25) is 0 Å². The highest BCUT2D eigenvalue weighted by Gasteiger charge is 2.58. The van der Waals surface area contributed by atoms with E-state index in [-0.39, 0.29) is 5.92 Å². The third-order valence-corrected chi connectivity index (χ3v) is 15.1. The molecule has 7 fully saturated rings. The molecule has 6 heterocycles. The molecule has 7 aliphatic rings. The smallest absolute Gasteiger partial charge is 0.187 e. The zero-order chi connectivity index (χ0) is 58.1. The van der Waals surface area contributed by atoms with Crippen LogP contribution >= 0.6 is 0 Å². The van der Waals surface area contributed by atoms with Gasteiger partial charge in [-0.1, -0.05) is 0 Å². The SMILES string of the molecule is OCC(O)C(OC1OC(CO)C(OC2OC(CO)C(OC3OC(CO)C(OC4OC(CO)C(OC5OC(CO)C(OC6OC(CO)C(O)C(O)C6O)C(O)C5O)C(O)C4O)C(O)C3O)C(O)C2O)C(O)C1O)C(O)C(O)C1CC1. The van der Waals surface area contributed by atoms with Gasteiger partial charge in [0.05, 0.1) is 52.4 Å². The van der Waals surface area contributed by atoms with Gasteiger partial charge in [-0.15, -0.1) is 0 Å². The molecule has 35 nitrogen and oxygen atoms in total. The molecule has 0 spiro atoms. The summed E-state index contributed by atoms with van der Waals surface area (Å²) in [6, 6.07) is 0. The van der Waals surface area contributed by atoms with Gasteiger partial charge in [-0.3, -0.25) is 0 Å². The molecular formula is C44H76O35. The lowest BCUT2D eigenvalue weighted by Crippen LogP contribution is -2.68. The summed E-state index contributed by atoms with van der Waals surface area (Å²) in [4.78, 5) is 0. The van der Waals surface area contributed by atoms with Crippen LogP contribution in [0, 0.1) is 5.92 Å². The zero-order valence-electron chi connectivity index (χ0n) is 41.8. The fraction of sp³-hybridized carbons (Fsp3) is 1.00. The van der Waals surface area contributed by atoms with E-state index in [1.165, 1.54) is 0 Å². The van der Waals surface area contributed by atoms with E-state index in [0.29, 0.717) is 12.8 Å². The first-order chi connectivity index (χ1) is 37.5. The van der Waals surface area contributed by atoms with Crippen molar-refractivity contribution in [1.82, 2.24) is 0 Å². The van der Waals surface area contributed by atoms with E-state index in [1.54, 1.807) is 0 Å². The van der Waals surface area contributed by atoms with Crippen molar-refractivity contribution in [2.45, 2.75) is 221 Å². The van der Waals surface area contributed by atoms with E-state index in [9.17, 15) is 117 Å². The minimum absolute atomic E-state index is 0.345. The number of hydrogen-bond acceptors (Lipinski definition) is 35. The predicted molar refractivity (Wildman–Crippen MR) is 240 cm³/mol. The Hall–Kier alpha value is -1.40. The molecule has 6 aliphatic heterocycles. The summed E-state index contributed by atoms with van der Waals surface area (Å²) < 4.78 is 67.1. The fourth-order valence-electron chi connectivity index (χ4n) is 10.2. The van der Waals surface area contributed by atoms with Gasteiger partial charge in [0.15, 0.2) is 37.7 Å². The minimum Gasteiger partial charge on any atom is -0.394 e. The normalized spacial score (nSPS) is 49.7. The summed E-state index contributed by atoms with van der Waals surface area (Å²) in [5, 5.41) is 244. The Kier molecular flexibility index (Phi) is 23.3. The predicted octanol–water partition coefficient (Wildman–Crippen LogP) is -15.2. The van der Waals surface area contributed by atoms with E-state index in [1.807, 2.05) is 0 Å². The van der Waals surface area contributed by atoms with Crippen molar-refractivity contribution in [3.63, 3.8) is 0 Å². The second kappa shape index (κ2) is 28.2. The largest absolute Gasteiger partial charge is 0.394 e. The molecule has 7 rings (SSSR count). The highest BCUT2D eigenvalue weighted by Crippen LogP contribution is 2.39. The molecule has 462 valence electrons. The number of hydrogen-bond donors (Lipinski definition) is 23. The quantitative estimate of drug-likeness (QED) is 0.0452. The second-order valence-electron chi connectivity index (χ2n) is 20.4. The van der Waals surface area contributed by atoms with Crippen LogP contribution in [0.3, 0.4) is 0 Å². The van der Waals surface area contributed by atoms with E-state index >= 15 is 0 Å². The molecule has 79 heavy (non-hydrogen) atoms. The maximum Gasteiger partial charge on any atom is 0.187 e. The summed E-state index contributed by atoms with van der Waals surface area (Å²) in [5.41, 5.74) is 0. The molecule has 0 aromatic carbocycles. The first kappa shape index (κ1) is 65.1. The van der Waals surface area contributed by atoms with Crippen molar-refractivity contribution in [2.24, 2.45) is 5.92 Å². The van der Waals surface area contributed by atoms with Gasteiger partial charge in [0.2, 0.25) is 0 Å². The summed E-state index contributed by atoms with van der Waals surface area (Å²) in [6.07, 6.45) is -64.1. The van der Waals surface area contributed by atoms with Gasteiger partial charge in [-0.05, 0) is 18.8 Å². The van der Waals surface area contributed by atoms with Crippen LogP contribution in [0.4, 0.5) is 0 Å². The van der Waals surface area contributed by atoms with Crippen LogP contribution in [0.1, 0.15) is 12.8 Å². The van der Waals surface area contributed by atoms with Gasteiger partial charge >= 0.3 is 0 Å². The summed E-state index contributed by atoms with van der Waals surface area (Å²) in [5.74, 6) is -0.345. The average Bonchev–Trinajstić information content (AvgIpc) is 4.35. The van der Waals surface area contributed by atoms with Crippen molar-refractivity contribution >= 4 is 0 Å². The molecule has 35 heteroatoms. The molecule has 1 saturated carbocycles.